The second kappa shape index (κ2) is 10.0. The Morgan fingerprint density at radius 1 is 1.03 bits per heavy atom. The van der Waals surface area contributed by atoms with Crippen molar-refractivity contribution in [1.82, 2.24) is 0 Å². The fourth-order valence-electron chi connectivity index (χ4n) is 2.72. The molecule has 0 aliphatic heterocycles. The maximum absolute atomic E-state index is 12.4. The van der Waals surface area contributed by atoms with Crippen LogP contribution in [0, 0.1) is 31.6 Å². The SMILES string of the molecule is N#C/C(=C/c1cccc(Oc2ccc([N+](=O)[O-])cc2[N+](=O)[O-])c1)C(=O)Nc1cccc(Cl)c1. The van der Waals surface area contributed by atoms with Gasteiger partial charge in [0.1, 0.15) is 17.4 Å². The molecule has 0 fully saturated rings. The summed E-state index contributed by atoms with van der Waals surface area (Å²) < 4.78 is 5.54. The van der Waals surface area contributed by atoms with Crippen molar-refractivity contribution in [3.05, 3.63) is 103 Å². The summed E-state index contributed by atoms with van der Waals surface area (Å²) in [5.74, 6) is -0.698. The van der Waals surface area contributed by atoms with Crippen molar-refractivity contribution < 1.29 is 19.4 Å². The Bertz CT molecular complexity index is 1330. The minimum Gasteiger partial charge on any atom is -0.450 e. The average molecular weight is 465 g/mol. The van der Waals surface area contributed by atoms with Crippen LogP contribution in [0.5, 0.6) is 11.5 Å². The monoisotopic (exact) mass is 464 g/mol. The average Bonchev–Trinajstić information content (AvgIpc) is 2.77. The van der Waals surface area contributed by atoms with Crippen molar-refractivity contribution in [3.8, 4) is 17.6 Å². The lowest BCUT2D eigenvalue weighted by Gasteiger charge is -2.08. The zero-order valence-electron chi connectivity index (χ0n) is 16.6. The Morgan fingerprint density at radius 2 is 1.79 bits per heavy atom. The van der Waals surface area contributed by atoms with E-state index in [-0.39, 0.29) is 17.1 Å². The molecule has 3 rings (SSSR count). The maximum Gasteiger partial charge on any atom is 0.318 e. The van der Waals surface area contributed by atoms with Gasteiger partial charge in [-0.05, 0) is 48.0 Å². The van der Waals surface area contributed by atoms with E-state index < -0.39 is 27.1 Å². The first kappa shape index (κ1) is 22.9. The highest BCUT2D eigenvalue weighted by Crippen LogP contribution is 2.34. The summed E-state index contributed by atoms with van der Waals surface area (Å²) in [6.07, 6.45) is 1.32. The van der Waals surface area contributed by atoms with E-state index in [1.165, 1.54) is 24.3 Å². The first-order chi connectivity index (χ1) is 15.8. The summed E-state index contributed by atoms with van der Waals surface area (Å²) in [6, 6.07) is 17.4. The normalized spacial score (nSPS) is 10.7. The molecule has 0 bridgehead atoms. The molecule has 10 nitrogen and oxygen atoms in total. The molecule has 0 aliphatic carbocycles. The topological polar surface area (TPSA) is 148 Å². The van der Waals surface area contributed by atoms with Crippen LogP contribution in [-0.4, -0.2) is 15.8 Å². The van der Waals surface area contributed by atoms with Gasteiger partial charge in [-0.15, -0.1) is 0 Å². The lowest BCUT2D eigenvalue weighted by Crippen LogP contribution is -2.13. The lowest BCUT2D eigenvalue weighted by molar-refractivity contribution is -0.394. The van der Waals surface area contributed by atoms with Gasteiger partial charge in [-0.1, -0.05) is 29.8 Å². The van der Waals surface area contributed by atoms with Crippen LogP contribution in [0.25, 0.3) is 6.08 Å². The van der Waals surface area contributed by atoms with Crippen LogP contribution in [0.2, 0.25) is 5.02 Å². The van der Waals surface area contributed by atoms with Gasteiger partial charge in [0.25, 0.3) is 11.6 Å². The predicted octanol–water partition coefficient (Wildman–Crippen LogP) is 5.49. The summed E-state index contributed by atoms with van der Waals surface area (Å²) in [5, 5.41) is 34.5. The van der Waals surface area contributed by atoms with Crippen LogP contribution in [-0.2, 0) is 4.79 Å². The minimum atomic E-state index is -0.792. The van der Waals surface area contributed by atoms with Crippen LogP contribution < -0.4 is 10.1 Å². The number of carbonyl (C=O) groups is 1. The summed E-state index contributed by atoms with van der Waals surface area (Å²) >= 11 is 5.89. The van der Waals surface area contributed by atoms with Crippen LogP contribution in [0.3, 0.4) is 0 Å². The van der Waals surface area contributed by atoms with Crippen molar-refractivity contribution >= 4 is 40.6 Å². The van der Waals surface area contributed by atoms with Crippen molar-refractivity contribution in [2.45, 2.75) is 0 Å². The molecule has 0 saturated heterocycles. The third-order valence-electron chi connectivity index (χ3n) is 4.19. The minimum absolute atomic E-state index is 0.160. The number of hydrogen-bond acceptors (Lipinski definition) is 7. The molecule has 0 atom stereocenters. The van der Waals surface area contributed by atoms with Gasteiger partial charge in [0.15, 0.2) is 0 Å². The maximum atomic E-state index is 12.4. The van der Waals surface area contributed by atoms with Gasteiger partial charge >= 0.3 is 5.69 Å². The molecule has 3 aromatic rings. The molecule has 0 radical (unpaired) electrons. The van der Waals surface area contributed by atoms with Crippen LogP contribution in [0.15, 0.2) is 72.3 Å². The first-order valence-corrected chi connectivity index (χ1v) is 9.54. The second-order valence-electron chi connectivity index (χ2n) is 6.48. The molecule has 164 valence electrons. The third kappa shape index (κ3) is 5.90. The van der Waals surface area contributed by atoms with Gasteiger partial charge in [0.2, 0.25) is 5.75 Å². The van der Waals surface area contributed by atoms with E-state index in [0.717, 1.165) is 18.2 Å². The van der Waals surface area contributed by atoms with Crippen molar-refractivity contribution in [1.29, 1.82) is 5.26 Å². The molecule has 3 aromatic carbocycles. The Labute approximate surface area is 191 Å². The number of anilines is 1. The fourth-order valence-corrected chi connectivity index (χ4v) is 2.91. The molecule has 11 heteroatoms. The quantitative estimate of drug-likeness (QED) is 0.210. The van der Waals surface area contributed by atoms with E-state index >= 15 is 0 Å². The van der Waals surface area contributed by atoms with Crippen LogP contribution in [0.1, 0.15) is 5.56 Å². The summed E-state index contributed by atoms with van der Waals surface area (Å²) in [6.45, 7) is 0. The largest absolute Gasteiger partial charge is 0.450 e. The number of nitro groups is 2. The first-order valence-electron chi connectivity index (χ1n) is 9.16. The number of benzene rings is 3. The van der Waals surface area contributed by atoms with Crippen molar-refractivity contribution in [3.63, 3.8) is 0 Å². The molecule has 0 saturated carbocycles. The Hall–Kier alpha value is -4.75. The fraction of sp³-hybridized carbons (Fsp3) is 0. The van der Waals surface area contributed by atoms with E-state index in [2.05, 4.69) is 5.32 Å². The van der Waals surface area contributed by atoms with Gasteiger partial charge in [0.05, 0.1) is 15.9 Å². The highest BCUT2D eigenvalue weighted by atomic mass is 35.5. The molecule has 0 unspecified atom stereocenters. The molecule has 0 aliphatic rings. The number of halogens is 1. The molecule has 1 N–H and O–H groups in total. The zero-order chi connectivity index (χ0) is 24.0. The highest BCUT2D eigenvalue weighted by Gasteiger charge is 2.21. The molecule has 0 aromatic heterocycles. The molecule has 0 heterocycles. The van der Waals surface area contributed by atoms with Gasteiger partial charge < -0.3 is 10.1 Å². The number of non-ortho nitro benzene ring substituents is 1. The van der Waals surface area contributed by atoms with Crippen molar-refractivity contribution in [2.75, 3.05) is 5.32 Å². The van der Waals surface area contributed by atoms with E-state index in [9.17, 15) is 30.3 Å². The van der Waals surface area contributed by atoms with Gasteiger partial charge in [0, 0.05) is 16.8 Å². The molecule has 33 heavy (non-hydrogen) atoms. The van der Waals surface area contributed by atoms with E-state index in [4.69, 9.17) is 16.3 Å². The van der Waals surface area contributed by atoms with Gasteiger partial charge in [-0.2, -0.15) is 5.26 Å². The number of nitrogens with one attached hydrogen (secondary N) is 1. The number of ether oxygens (including phenoxy) is 1. The molecule has 0 spiro atoms. The summed E-state index contributed by atoms with van der Waals surface area (Å²) in [5.41, 5.74) is -0.404. The standard InChI is InChI=1S/C22H13ClN4O6/c23-16-4-2-5-17(11-16)25-22(28)15(13-24)9-14-3-1-6-19(10-14)33-21-8-7-18(26(29)30)12-20(21)27(31)32/h1-12H,(H,25,28)/b15-9-. The zero-order valence-corrected chi connectivity index (χ0v) is 17.4. The Kier molecular flexibility index (Phi) is 6.97. The van der Waals surface area contributed by atoms with E-state index in [1.54, 1.807) is 30.3 Å². The lowest BCUT2D eigenvalue weighted by atomic mass is 10.1. The number of rotatable bonds is 7. The molecular formula is C22H13ClN4O6. The number of carbonyl (C=O) groups excluding carboxylic acids is 1. The van der Waals surface area contributed by atoms with Gasteiger partial charge in [-0.25, -0.2) is 0 Å². The van der Waals surface area contributed by atoms with Crippen molar-refractivity contribution in [2.24, 2.45) is 0 Å². The summed E-state index contributed by atoms with van der Waals surface area (Å²) in [4.78, 5) is 33.1. The number of nitro benzene ring substituents is 2. The summed E-state index contributed by atoms with van der Waals surface area (Å²) in [7, 11) is 0. The molecule has 1 amide bonds. The van der Waals surface area contributed by atoms with Gasteiger partial charge in [-0.3, -0.25) is 25.0 Å². The van der Waals surface area contributed by atoms with E-state index in [1.807, 2.05) is 6.07 Å². The number of amides is 1. The smallest absolute Gasteiger partial charge is 0.318 e. The highest BCUT2D eigenvalue weighted by molar-refractivity contribution is 6.31. The number of hydrogen-bond donors (Lipinski definition) is 1. The van der Waals surface area contributed by atoms with Crippen LogP contribution in [0.4, 0.5) is 17.1 Å². The Balaban J connectivity index is 1.85. The van der Waals surface area contributed by atoms with E-state index in [0.29, 0.717) is 16.3 Å². The third-order valence-corrected chi connectivity index (χ3v) is 4.43. The predicted molar refractivity (Wildman–Crippen MR) is 120 cm³/mol. The number of nitriles is 1. The second-order valence-corrected chi connectivity index (χ2v) is 6.91. The van der Waals surface area contributed by atoms with Crippen LogP contribution >= 0.6 is 11.6 Å². The Morgan fingerprint density at radius 3 is 2.45 bits per heavy atom. The number of nitrogens with zero attached hydrogens (tertiary/aromatic N) is 3. The molecular weight excluding hydrogens is 452 g/mol.